The fraction of sp³-hybridized carbons (Fsp3) is 0.897. The third-order valence-electron chi connectivity index (χ3n) is 6.67. The van der Waals surface area contributed by atoms with E-state index < -0.39 is 12.0 Å². The average molecular weight is 513 g/mol. The number of ether oxygens (including phenoxy) is 1. The van der Waals surface area contributed by atoms with Crippen LogP contribution in [0.4, 0.5) is 0 Å². The lowest BCUT2D eigenvalue weighted by Gasteiger charge is -2.18. The minimum Gasteiger partial charge on any atom is -0.480 e. The molecule has 0 aromatic rings. The van der Waals surface area contributed by atoms with Crippen molar-refractivity contribution in [2.45, 2.75) is 161 Å². The van der Waals surface area contributed by atoms with Crippen molar-refractivity contribution in [1.29, 1.82) is 0 Å². The Labute approximate surface area is 220 Å². The van der Waals surface area contributed by atoms with E-state index in [2.05, 4.69) is 19.2 Å². The molecule has 0 saturated heterocycles. The molecular weight excluding hydrogens is 456 g/mol. The summed E-state index contributed by atoms with van der Waals surface area (Å²) >= 11 is 0. The van der Waals surface area contributed by atoms with Gasteiger partial charge in [-0.3, -0.25) is 9.59 Å². The van der Waals surface area contributed by atoms with E-state index in [1.165, 1.54) is 51.4 Å². The van der Waals surface area contributed by atoms with Crippen LogP contribution in [0.1, 0.15) is 149 Å². The predicted molar refractivity (Wildman–Crippen MR) is 147 cm³/mol. The fourth-order valence-corrected chi connectivity index (χ4v) is 4.39. The highest BCUT2D eigenvalue weighted by Gasteiger charge is 2.19. The lowest BCUT2D eigenvalue weighted by molar-refractivity contribution is -0.150. The molecule has 0 aliphatic rings. The quantitative estimate of drug-likeness (QED) is 0.0881. The molecule has 2 unspecified atom stereocenters. The first kappa shape index (κ1) is 34.4. The summed E-state index contributed by atoms with van der Waals surface area (Å²) in [4.78, 5) is 35.7. The van der Waals surface area contributed by atoms with Gasteiger partial charge in [0.05, 0.1) is 0 Å². The number of hydrogen-bond donors (Lipinski definition) is 3. The lowest BCUT2D eigenvalue weighted by atomic mass is 10.0. The monoisotopic (exact) mass is 512 g/mol. The van der Waals surface area contributed by atoms with Gasteiger partial charge in [-0.25, -0.2) is 4.79 Å². The van der Waals surface area contributed by atoms with Crippen LogP contribution in [-0.4, -0.2) is 41.6 Å². The second kappa shape index (κ2) is 25.0. The van der Waals surface area contributed by atoms with Crippen molar-refractivity contribution in [2.75, 3.05) is 6.54 Å². The first-order valence-corrected chi connectivity index (χ1v) is 14.9. The molecule has 0 aliphatic heterocycles. The largest absolute Gasteiger partial charge is 0.480 e. The topological polar surface area (TPSA) is 119 Å². The summed E-state index contributed by atoms with van der Waals surface area (Å²) in [5.74, 6) is -1.28. The Morgan fingerprint density at radius 3 is 1.75 bits per heavy atom. The number of amides is 1. The van der Waals surface area contributed by atoms with Crippen LogP contribution in [-0.2, 0) is 19.1 Å². The number of nitrogens with two attached hydrogens (primary N) is 1. The standard InChI is InChI=1S/C29H56N2O5/c1-3-5-7-9-10-11-17-23-28(33)36-25(19-14-8-6-4-2)20-15-12-13-16-22-27(32)31-26(29(34)35)21-18-24-30/h25-26H,3-24,30H2,1-2H3,(H,31,32)(H,34,35). The maximum atomic E-state index is 12.4. The van der Waals surface area contributed by atoms with Gasteiger partial charge in [0.2, 0.25) is 5.91 Å². The van der Waals surface area contributed by atoms with Gasteiger partial charge in [-0.2, -0.15) is 0 Å². The normalized spacial score (nSPS) is 12.8. The van der Waals surface area contributed by atoms with Crippen LogP contribution in [0.25, 0.3) is 0 Å². The van der Waals surface area contributed by atoms with Crippen molar-refractivity contribution in [2.24, 2.45) is 5.73 Å². The van der Waals surface area contributed by atoms with Crippen molar-refractivity contribution in [3.8, 4) is 0 Å². The van der Waals surface area contributed by atoms with Gasteiger partial charge in [-0.15, -0.1) is 0 Å². The van der Waals surface area contributed by atoms with Crippen molar-refractivity contribution in [1.82, 2.24) is 5.32 Å². The van der Waals surface area contributed by atoms with Crippen LogP contribution in [0.3, 0.4) is 0 Å². The third-order valence-corrected chi connectivity index (χ3v) is 6.67. The molecule has 0 spiro atoms. The number of hydrogen-bond acceptors (Lipinski definition) is 5. The molecule has 0 rings (SSSR count). The van der Waals surface area contributed by atoms with Gasteiger partial charge in [0.1, 0.15) is 12.1 Å². The van der Waals surface area contributed by atoms with Gasteiger partial charge in [-0.1, -0.05) is 84.5 Å². The Morgan fingerprint density at radius 1 is 0.694 bits per heavy atom. The molecule has 36 heavy (non-hydrogen) atoms. The Hall–Kier alpha value is -1.63. The summed E-state index contributed by atoms with van der Waals surface area (Å²) in [6.07, 6.45) is 20.2. The zero-order valence-corrected chi connectivity index (χ0v) is 23.4. The van der Waals surface area contributed by atoms with E-state index >= 15 is 0 Å². The minimum atomic E-state index is -1.01. The van der Waals surface area contributed by atoms with Gasteiger partial charge in [0.25, 0.3) is 0 Å². The van der Waals surface area contributed by atoms with Crippen LogP contribution >= 0.6 is 0 Å². The molecule has 0 fully saturated rings. The first-order chi connectivity index (χ1) is 17.4. The van der Waals surface area contributed by atoms with Crippen LogP contribution in [0.2, 0.25) is 0 Å². The van der Waals surface area contributed by atoms with Crippen molar-refractivity contribution < 1.29 is 24.2 Å². The highest BCUT2D eigenvalue weighted by atomic mass is 16.5. The number of rotatable bonds is 26. The van der Waals surface area contributed by atoms with Crippen LogP contribution in [0.15, 0.2) is 0 Å². The molecular formula is C29H56N2O5. The molecule has 2 atom stereocenters. The van der Waals surface area contributed by atoms with Crippen molar-refractivity contribution in [3.05, 3.63) is 0 Å². The van der Waals surface area contributed by atoms with Gasteiger partial charge in [0.15, 0.2) is 0 Å². The van der Waals surface area contributed by atoms with Crippen molar-refractivity contribution in [3.63, 3.8) is 0 Å². The molecule has 0 bridgehead atoms. The minimum absolute atomic E-state index is 0.000999. The van der Waals surface area contributed by atoms with E-state index in [1.54, 1.807) is 0 Å². The maximum absolute atomic E-state index is 12.4. The van der Waals surface area contributed by atoms with E-state index in [-0.39, 0.29) is 18.0 Å². The van der Waals surface area contributed by atoms with Gasteiger partial charge in [0, 0.05) is 12.8 Å². The highest BCUT2D eigenvalue weighted by molar-refractivity contribution is 5.83. The smallest absolute Gasteiger partial charge is 0.326 e. The van der Waals surface area contributed by atoms with E-state index in [4.69, 9.17) is 10.5 Å². The van der Waals surface area contributed by atoms with Gasteiger partial charge < -0.3 is 20.9 Å². The third kappa shape index (κ3) is 21.6. The molecule has 1 amide bonds. The summed E-state index contributed by atoms with van der Waals surface area (Å²) in [7, 11) is 0. The number of carbonyl (C=O) groups is 3. The first-order valence-electron chi connectivity index (χ1n) is 14.9. The average Bonchev–Trinajstić information content (AvgIpc) is 2.85. The van der Waals surface area contributed by atoms with Crippen LogP contribution < -0.4 is 11.1 Å². The van der Waals surface area contributed by atoms with E-state index in [0.717, 1.165) is 57.8 Å². The molecule has 7 heteroatoms. The molecule has 0 saturated carbocycles. The molecule has 0 aromatic carbocycles. The number of carbonyl (C=O) groups excluding carboxylic acids is 2. The Kier molecular flexibility index (Phi) is 23.9. The molecule has 7 nitrogen and oxygen atoms in total. The van der Waals surface area contributed by atoms with Crippen molar-refractivity contribution >= 4 is 17.8 Å². The summed E-state index contributed by atoms with van der Waals surface area (Å²) < 4.78 is 5.85. The number of nitrogens with one attached hydrogen (secondary N) is 1. The van der Waals surface area contributed by atoms with Crippen LogP contribution in [0, 0.1) is 0 Å². The number of unbranched alkanes of at least 4 members (excludes halogenated alkanes) is 12. The summed E-state index contributed by atoms with van der Waals surface area (Å²) in [6, 6.07) is -0.856. The predicted octanol–water partition coefficient (Wildman–Crippen LogP) is 6.66. The zero-order valence-electron chi connectivity index (χ0n) is 23.4. The fourth-order valence-electron chi connectivity index (χ4n) is 4.39. The van der Waals surface area contributed by atoms with Gasteiger partial charge in [-0.05, 0) is 57.9 Å². The van der Waals surface area contributed by atoms with E-state index in [1.807, 2.05) is 0 Å². The van der Waals surface area contributed by atoms with Crippen LogP contribution in [0.5, 0.6) is 0 Å². The molecule has 0 aliphatic carbocycles. The molecule has 0 aromatic heterocycles. The Bertz CT molecular complexity index is 556. The highest BCUT2D eigenvalue weighted by Crippen LogP contribution is 2.17. The summed E-state index contributed by atoms with van der Waals surface area (Å²) in [5, 5.41) is 11.8. The SMILES string of the molecule is CCCCCCCCCC(=O)OC(CCCCCC)CCCCCCC(=O)NC(CCCN)C(=O)O. The molecule has 0 heterocycles. The number of aliphatic carboxylic acids is 1. The molecule has 4 N–H and O–H groups in total. The Balaban J connectivity index is 4.17. The van der Waals surface area contributed by atoms with Gasteiger partial charge >= 0.3 is 11.9 Å². The maximum Gasteiger partial charge on any atom is 0.326 e. The second-order valence-electron chi connectivity index (χ2n) is 10.2. The van der Waals surface area contributed by atoms with E-state index in [0.29, 0.717) is 32.2 Å². The lowest BCUT2D eigenvalue weighted by Crippen LogP contribution is -2.40. The number of carboxylic acids is 1. The van der Waals surface area contributed by atoms with E-state index in [9.17, 15) is 19.5 Å². The summed E-state index contributed by atoms with van der Waals surface area (Å²) in [6.45, 7) is 4.83. The number of carboxylic acid groups (broad SMARTS) is 1. The Morgan fingerprint density at radius 2 is 1.19 bits per heavy atom. The molecule has 212 valence electrons. The molecule has 0 radical (unpaired) electrons. The second-order valence-corrected chi connectivity index (χ2v) is 10.2. The summed E-state index contributed by atoms with van der Waals surface area (Å²) in [5.41, 5.74) is 5.43. The zero-order chi connectivity index (χ0) is 26.9. The number of esters is 1.